The highest BCUT2D eigenvalue weighted by Crippen LogP contribution is 2.35. The predicted octanol–water partition coefficient (Wildman–Crippen LogP) is 3.05. The van der Waals surface area contributed by atoms with Crippen LogP contribution < -0.4 is 0 Å². The Bertz CT molecular complexity index is 410. The first-order valence-corrected chi connectivity index (χ1v) is 6.76. The van der Waals surface area contributed by atoms with Gasteiger partial charge in [-0.05, 0) is 17.3 Å². The summed E-state index contributed by atoms with van der Waals surface area (Å²) in [4.78, 5) is 3.93. The topological polar surface area (TPSA) is 50.9 Å². The van der Waals surface area contributed by atoms with Crippen LogP contribution in [0, 0.1) is 10.8 Å². The average molecular weight is 265 g/mol. The van der Waals surface area contributed by atoms with Gasteiger partial charge in [-0.3, -0.25) is 4.68 Å². The monoisotopic (exact) mass is 265 g/mol. The second kappa shape index (κ2) is 5.45. The normalized spacial score (nSPS) is 16.8. The molecule has 108 valence electrons. The molecule has 0 fully saturated rings. The Kier molecular flexibility index (Phi) is 4.56. The van der Waals surface area contributed by atoms with E-state index < -0.39 is 5.60 Å². The highest BCUT2D eigenvalue weighted by molar-refractivity contribution is 5.01. The lowest BCUT2D eigenvalue weighted by atomic mass is 9.74. The molecule has 1 aromatic heterocycles. The van der Waals surface area contributed by atoms with Crippen molar-refractivity contribution >= 4 is 0 Å². The maximum atomic E-state index is 11.0. The fourth-order valence-electron chi connectivity index (χ4n) is 1.80. The van der Waals surface area contributed by atoms with Crippen molar-refractivity contribution in [1.29, 1.82) is 0 Å². The first-order valence-electron chi connectivity index (χ1n) is 6.76. The summed E-state index contributed by atoms with van der Waals surface area (Å²) in [6.45, 7) is 13.1. The number of nitrogens with zero attached hydrogens (tertiary/aromatic N) is 3. The zero-order chi connectivity index (χ0) is 14.7. The smallest absolute Gasteiger partial charge is 0.137 e. The number of allylic oxidation sites excluding steroid dienone is 1. The Hall–Kier alpha value is -1.16. The van der Waals surface area contributed by atoms with E-state index in [4.69, 9.17) is 0 Å². The molecule has 1 atom stereocenters. The fraction of sp³-hybridized carbons (Fsp3) is 0.733. The van der Waals surface area contributed by atoms with Crippen LogP contribution in [0.25, 0.3) is 0 Å². The first kappa shape index (κ1) is 15.9. The molecule has 0 spiro atoms. The summed E-state index contributed by atoms with van der Waals surface area (Å²) in [6, 6.07) is 0. The average Bonchev–Trinajstić information content (AvgIpc) is 2.66. The molecule has 0 saturated carbocycles. The van der Waals surface area contributed by atoms with Gasteiger partial charge in [0, 0.05) is 0 Å². The van der Waals surface area contributed by atoms with Crippen molar-refractivity contribution in [2.45, 2.75) is 60.1 Å². The third-order valence-electron chi connectivity index (χ3n) is 3.36. The molecule has 4 heteroatoms. The zero-order valence-corrected chi connectivity index (χ0v) is 13.0. The van der Waals surface area contributed by atoms with E-state index in [-0.39, 0.29) is 10.8 Å². The molecule has 0 radical (unpaired) electrons. The lowest BCUT2D eigenvalue weighted by Gasteiger charge is -2.39. The molecule has 0 aromatic carbocycles. The number of aliphatic hydroxyl groups is 1. The second-order valence-corrected chi connectivity index (χ2v) is 7.35. The Morgan fingerprint density at radius 1 is 1.16 bits per heavy atom. The molecule has 0 aliphatic carbocycles. The molecule has 0 aliphatic rings. The lowest BCUT2D eigenvalue weighted by Crippen LogP contribution is -2.46. The van der Waals surface area contributed by atoms with Gasteiger partial charge in [0.25, 0.3) is 0 Å². The quantitative estimate of drug-likeness (QED) is 0.851. The summed E-state index contributed by atoms with van der Waals surface area (Å²) < 4.78 is 1.69. The van der Waals surface area contributed by atoms with Gasteiger partial charge in [-0.1, -0.05) is 53.7 Å². The number of rotatable bonds is 4. The van der Waals surface area contributed by atoms with Crippen molar-refractivity contribution in [2.24, 2.45) is 10.8 Å². The Morgan fingerprint density at radius 3 is 2.21 bits per heavy atom. The minimum atomic E-state index is -0.845. The molecular weight excluding hydrogens is 238 g/mol. The minimum absolute atomic E-state index is 0.131. The molecule has 1 rings (SSSR count). The summed E-state index contributed by atoms with van der Waals surface area (Å²) in [6.07, 6.45) is 7.96. The van der Waals surface area contributed by atoms with Crippen molar-refractivity contribution in [1.82, 2.24) is 14.8 Å². The van der Waals surface area contributed by atoms with Crippen LogP contribution in [0.1, 0.15) is 48.0 Å². The van der Waals surface area contributed by atoms with Crippen molar-refractivity contribution in [3.8, 4) is 0 Å². The predicted molar refractivity (Wildman–Crippen MR) is 77.6 cm³/mol. The van der Waals surface area contributed by atoms with E-state index in [0.29, 0.717) is 13.0 Å². The van der Waals surface area contributed by atoms with E-state index in [1.807, 2.05) is 0 Å². The zero-order valence-electron chi connectivity index (χ0n) is 13.0. The fourth-order valence-corrected chi connectivity index (χ4v) is 1.80. The van der Waals surface area contributed by atoms with Gasteiger partial charge in [-0.2, -0.15) is 5.10 Å². The van der Waals surface area contributed by atoms with E-state index in [1.165, 1.54) is 6.33 Å². The molecule has 4 nitrogen and oxygen atoms in total. The minimum Gasteiger partial charge on any atom is -0.387 e. The number of hydrogen-bond donors (Lipinski definition) is 1. The molecule has 1 aromatic rings. The Morgan fingerprint density at radius 2 is 1.79 bits per heavy atom. The summed E-state index contributed by atoms with van der Waals surface area (Å²) in [5.74, 6) is 0. The van der Waals surface area contributed by atoms with E-state index in [2.05, 4.69) is 63.8 Å². The van der Waals surface area contributed by atoms with Crippen molar-refractivity contribution in [3.05, 3.63) is 24.8 Å². The molecular formula is C15H27N3O. The summed E-state index contributed by atoms with van der Waals surface area (Å²) in [5, 5.41) is 15.1. The van der Waals surface area contributed by atoms with Gasteiger partial charge in [0.05, 0.1) is 12.1 Å². The van der Waals surface area contributed by atoms with Gasteiger partial charge in [0.1, 0.15) is 12.7 Å². The molecule has 1 unspecified atom stereocenters. The summed E-state index contributed by atoms with van der Waals surface area (Å²) in [5.41, 5.74) is -0.949. The maximum absolute atomic E-state index is 11.0. The highest BCUT2D eigenvalue weighted by Gasteiger charge is 2.39. The van der Waals surface area contributed by atoms with Gasteiger partial charge in [-0.25, -0.2) is 4.98 Å². The number of aromatic nitrogens is 3. The van der Waals surface area contributed by atoms with Gasteiger partial charge in [0.2, 0.25) is 0 Å². The van der Waals surface area contributed by atoms with Crippen LogP contribution in [0.2, 0.25) is 0 Å². The third-order valence-corrected chi connectivity index (χ3v) is 3.36. The van der Waals surface area contributed by atoms with Crippen LogP contribution in [-0.2, 0) is 6.54 Å². The van der Waals surface area contributed by atoms with E-state index in [9.17, 15) is 5.11 Å². The highest BCUT2D eigenvalue weighted by atomic mass is 16.3. The van der Waals surface area contributed by atoms with Gasteiger partial charge in [-0.15, -0.1) is 0 Å². The SMILES string of the molecule is CC(C)(C)C=CCC(O)(Cn1cncn1)C(C)(C)C. The van der Waals surface area contributed by atoms with Gasteiger partial charge in [0.15, 0.2) is 0 Å². The third kappa shape index (κ3) is 4.78. The van der Waals surface area contributed by atoms with Crippen LogP contribution in [-0.4, -0.2) is 25.5 Å². The van der Waals surface area contributed by atoms with E-state index >= 15 is 0 Å². The first-order chi connectivity index (χ1) is 8.54. The Balaban J connectivity index is 2.85. The molecule has 0 bridgehead atoms. The largest absolute Gasteiger partial charge is 0.387 e. The van der Waals surface area contributed by atoms with Crippen molar-refractivity contribution < 1.29 is 5.11 Å². The van der Waals surface area contributed by atoms with E-state index in [1.54, 1.807) is 11.0 Å². The lowest BCUT2D eigenvalue weighted by molar-refractivity contribution is -0.0710. The maximum Gasteiger partial charge on any atom is 0.137 e. The Labute approximate surface area is 116 Å². The van der Waals surface area contributed by atoms with Crippen molar-refractivity contribution in [2.75, 3.05) is 0 Å². The molecule has 1 N–H and O–H groups in total. The molecule has 0 amide bonds. The standard InChI is InChI=1S/C15H27N3O/c1-13(2,3)8-7-9-15(19,14(4,5)6)10-18-12-16-11-17-18/h7-8,11-12,19H,9-10H2,1-6H3. The van der Waals surface area contributed by atoms with Crippen molar-refractivity contribution in [3.63, 3.8) is 0 Å². The number of hydrogen-bond acceptors (Lipinski definition) is 3. The molecule has 1 heterocycles. The van der Waals surface area contributed by atoms with Crippen LogP contribution in [0.5, 0.6) is 0 Å². The van der Waals surface area contributed by atoms with E-state index in [0.717, 1.165) is 0 Å². The van der Waals surface area contributed by atoms with Gasteiger partial charge >= 0.3 is 0 Å². The van der Waals surface area contributed by atoms with Crippen LogP contribution in [0.3, 0.4) is 0 Å². The summed E-state index contributed by atoms with van der Waals surface area (Å²) >= 11 is 0. The van der Waals surface area contributed by atoms with Crippen LogP contribution >= 0.6 is 0 Å². The summed E-state index contributed by atoms with van der Waals surface area (Å²) in [7, 11) is 0. The second-order valence-electron chi connectivity index (χ2n) is 7.35. The molecule has 0 saturated heterocycles. The van der Waals surface area contributed by atoms with Crippen LogP contribution in [0.4, 0.5) is 0 Å². The molecule has 19 heavy (non-hydrogen) atoms. The van der Waals surface area contributed by atoms with Gasteiger partial charge < -0.3 is 5.11 Å². The molecule has 0 aliphatic heterocycles. The van der Waals surface area contributed by atoms with Crippen LogP contribution in [0.15, 0.2) is 24.8 Å².